The lowest BCUT2D eigenvalue weighted by molar-refractivity contribution is 0.0925. The van der Waals surface area contributed by atoms with Gasteiger partial charge in [-0.25, -0.2) is 4.98 Å². The van der Waals surface area contributed by atoms with Gasteiger partial charge in [0.25, 0.3) is 0 Å². The Labute approximate surface area is 117 Å². The third-order valence-electron chi connectivity index (χ3n) is 3.69. The number of ether oxygens (including phenoxy) is 1. The molecule has 0 spiro atoms. The molecule has 3 heterocycles. The van der Waals surface area contributed by atoms with E-state index in [9.17, 15) is 0 Å². The Morgan fingerprint density at radius 1 is 1.58 bits per heavy atom. The molecular formula is C13H20N4OS. The molecule has 0 bridgehead atoms. The van der Waals surface area contributed by atoms with Gasteiger partial charge in [0.15, 0.2) is 10.8 Å². The quantitative estimate of drug-likeness (QED) is 0.922. The van der Waals surface area contributed by atoms with E-state index in [4.69, 9.17) is 15.5 Å². The van der Waals surface area contributed by atoms with Crippen LogP contribution in [0.2, 0.25) is 0 Å². The summed E-state index contributed by atoms with van der Waals surface area (Å²) < 4.78 is 7.76. The van der Waals surface area contributed by atoms with E-state index >= 15 is 0 Å². The molecule has 1 fully saturated rings. The van der Waals surface area contributed by atoms with Crippen LogP contribution in [0.1, 0.15) is 19.0 Å². The highest BCUT2D eigenvalue weighted by molar-refractivity contribution is 7.15. The summed E-state index contributed by atoms with van der Waals surface area (Å²) in [4.78, 5) is 8.26. The van der Waals surface area contributed by atoms with Crippen LogP contribution >= 0.6 is 11.3 Å². The SMILES string of the molecule is CCC1COCCN1c1nc2sccn2c1CCN. The Balaban J connectivity index is 2.02. The molecule has 1 unspecified atom stereocenters. The molecule has 2 aromatic rings. The number of hydrogen-bond donors (Lipinski definition) is 1. The van der Waals surface area contributed by atoms with Crippen molar-refractivity contribution in [3.8, 4) is 0 Å². The van der Waals surface area contributed by atoms with Crippen LogP contribution in [0.15, 0.2) is 11.6 Å². The molecule has 5 nitrogen and oxygen atoms in total. The molecule has 0 aliphatic carbocycles. The van der Waals surface area contributed by atoms with E-state index in [-0.39, 0.29) is 0 Å². The predicted molar refractivity (Wildman–Crippen MR) is 78.1 cm³/mol. The molecule has 1 aliphatic heterocycles. The van der Waals surface area contributed by atoms with Crippen LogP contribution in [-0.4, -0.2) is 41.7 Å². The van der Waals surface area contributed by atoms with E-state index in [1.54, 1.807) is 11.3 Å². The lowest BCUT2D eigenvalue weighted by atomic mass is 10.1. The molecule has 1 aliphatic rings. The largest absolute Gasteiger partial charge is 0.377 e. The fourth-order valence-electron chi connectivity index (χ4n) is 2.69. The van der Waals surface area contributed by atoms with Crippen molar-refractivity contribution in [2.75, 3.05) is 31.2 Å². The van der Waals surface area contributed by atoms with Gasteiger partial charge in [-0.15, -0.1) is 11.3 Å². The summed E-state index contributed by atoms with van der Waals surface area (Å²) in [5, 5.41) is 2.07. The topological polar surface area (TPSA) is 55.8 Å². The van der Waals surface area contributed by atoms with E-state index in [0.29, 0.717) is 12.6 Å². The Bertz CT molecular complexity index is 550. The summed E-state index contributed by atoms with van der Waals surface area (Å²) in [7, 11) is 0. The average molecular weight is 280 g/mol. The Kier molecular flexibility index (Phi) is 3.72. The third-order valence-corrected chi connectivity index (χ3v) is 4.45. The molecule has 0 radical (unpaired) electrons. The number of imidazole rings is 1. The second-order valence-electron chi connectivity index (χ2n) is 4.81. The zero-order chi connectivity index (χ0) is 13.2. The standard InChI is InChI=1S/C13H20N4OS/c1-2-10-9-18-7-5-16(10)12-11(3-4-14)17-6-8-19-13(17)15-12/h6,8,10H,2-5,7,9,14H2,1H3. The van der Waals surface area contributed by atoms with Crippen LogP contribution in [0.4, 0.5) is 5.82 Å². The first-order valence-corrected chi connectivity index (χ1v) is 7.72. The Morgan fingerprint density at radius 3 is 3.26 bits per heavy atom. The molecule has 0 amide bonds. The molecule has 104 valence electrons. The second-order valence-corrected chi connectivity index (χ2v) is 5.68. The number of rotatable bonds is 4. The van der Waals surface area contributed by atoms with Crippen molar-refractivity contribution in [2.45, 2.75) is 25.8 Å². The van der Waals surface area contributed by atoms with Gasteiger partial charge in [0.2, 0.25) is 0 Å². The number of anilines is 1. The zero-order valence-electron chi connectivity index (χ0n) is 11.2. The molecular weight excluding hydrogens is 260 g/mol. The van der Waals surface area contributed by atoms with Crippen LogP contribution in [0.25, 0.3) is 4.96 Å². The minimum atomic E-state index is 0.426. The number of morpholine rings is 1. The van der Waals surface area contributed by atoms with Crippen LogP contribution in [0.3, 0.4) is 0 Å². The van der Waals surface area contributed by atoms with Gasteiger partial charge in [-0.1, -0.05) is 6.92 Å². The van der Waals surface area contributed by atoms with Crippen molar-refractivity contribution in [2.24, 2.45) is 5.73 Å². The van der Waals surface area contributed by atoms with Crippen molar-refractivity contribution in [1.82, 2.24) is 9.38 Å². The molecule has 2 N–H and O–H groups in total. The Hall–Kier alpha value is -1.11. The van der Waals surface area contributed by atoms with Crippen molar-refractivity contribution in [1.29, 1.82) is 0 Å². The van der Waals surface area contributed by atoms with Gasteiger partial charge >= 0.3 is 0 Å². The Morgan fingerprint density at radius 2 is 2.47 bits per heavy atom. The van der Waals surface area contributed by atoms with Gasteiger partial charge in [-0.05, 0) is 13.0 Å². The molecule has 1 saturated heterocycles. The zero-order valence-corrected chi connectivity index (χ0v) is 12.0. The monoisotopic (exact) mass is 280 g/mol. The summed E-state index contributed by atoms with van der Waals surface area (Å²) in [6, 6.07) is 0.426. The van der Waals surface area contributed by atoms with Crippen molar-refractivity contribution >= 4 is 22.1 Å². The number of thiazole rings is 1. The van der Waals surface area contributed by atoms with E-state index in [1.807, 2.05) is 0 Å². The number of hydrogen-bond acceptors (Lipinski definition) is 5. The third kappa shape index (κ3) is 2.24. The molecule has 2 aromatic heterocycles. The van der Waals surface area contributed by atoms with E-state index in [1.165, 1.54) is 5.69 Å². The maximum Gasteiger partial charge on any atom is 0.195 e. The highest BCUT2D eigenvalue weighted by Gasteiger charge is 2.26. The fourth-order valence-corrected chi connectivity index (χ4v) is 3.42. The minimum Gasteiger partial charge on any atom is -0.377 e. The first-order valence-electron chi connectivity index (χ1n) is 6.84. The molecule has 6 heteroatoms. The molecule has 0 saturated carbocycles. The van der Waals surface area contributed by atoms with Gasteiger partial charge < -0.3 is 15.4 Å². The highest BCUT2D eigenvalue weighted by Crippen LogP contribution is 2.28. The van der Waals surface area contributed by atoms with Gasteiger partial charge in [0, 0.05) is 24.5 Å². The van der Waals surface area contributed by atoms with Gasteiger partial charge in [0.1, 0.15) is 0 Å². The fraction of sp³-hybridized carbons (Fsp3) is 0.615. The number of aromatic nitrogens is 2. The summed E-state index contributed by atoms with van der Waals surface area (Å²) in [5.74, 6) is 1.10. The lowest BCUT2D eigenvalue weighted by Crippen LogP contribution is -2.45. The smallest absolute Gasteiger partial charge is 0.195 e. The maximum absolute atomic E-state index is 5.76. The summed E-state index contributed by atoms with van der Waals surface area (Å²) >= 11 is 1.67. The van der Waals surface area contributed by atoms with E-state index in [0.717, 1.165) is 43.4 Å². The second kappa shape index (κ2) is 5.48. The summed E-state index contributed by atoms with van der Waals surface area (Å²) in [6.07, 6.45) is 4.02. The minimum absolute atomic E-state index is 0.426. The maximum atomic E-state index is 5.76. The van der Waals surface area contributed by atoms with Gasteiger partial charge in [0.05, 0.1) is 24.9 Å². The summed E-state index contributed by atoms with van der Waals surface area (Å²) in [5.41, 5.74) is 7.00. The van der Waals surface area contributed by atoms with Crippen LogP contribution in [-0.2, 0) is 11.2 Å². The van der Waals surface area contributed by atoms with Crippen molar-refractivity contribution in [3.63, 3.8) is 0 Å². The first kappa shape index (κ1) is 12.9. The predicted octanol–water partition coefficient (Wildman–Crippen LogP) is 1.51. The molecule has 0 aromatic carbocycles. The molecule has 19 heavy (non-hydrogen) atoms. The average Bonchev–Trinajstić information content (AvgIpc) is 3.01. The van der Waals surface area contributed by atoms with Crippen LogP contribution in [0.5, 0.6) is 0 Å². The summed E-state index contributed by atoms with van der Waals surface area (Å²) in [6.45, 7) is 5.35. The lowest BCUT2D eigenvalue weighted by Gasteiger charge is -2.36. The van der Waals surface area contributed by atoms with Gasteiger partial charge in [-0.3, -0.25) is 4.40 Å². The van der Waals surface area contributed by atoms with Crippen molar-refractivity contribution < 1.29 is 4.74 Å². The molecule has 3 rings (SSSR count). The van der Waals surface area contributed by atoms with Crippen molar-refractivity contribution in [3.05, 3.63) is 17.3 Å². The van der Waals surface area contributed by atoms with Gasteiger partial charge in [-0.2, -0.15) is 0 Å². The molecule has 1 atom stereocenters. The highest BCUT2D eigenvalue weighted by atomic mass is 32.1. The number of fused-ring (bicyclic) bond motifs is 1. The van der Waals surface area contributed by atoms with Crippen LogP contribution in [0, 0.1) is 0 Å². The first-order chi connectivity index (χ1) is 9.35. The van der Waals surface area contributed by atoms with E-state index < -0.39 is 0 Å². The number of nitrogens with two attached hydrogens (primary N) is 1. The normalized spacial score (nSPS) is 20.3. The number of nitrogens with zero attached hydrogens (tertiary/aromatic N) is 3. The van der Waals surface area contributed by atoms with Crippen LogP contribution < -0.4 is 10.6 Å². The van der Waals surface area contributed by atoms with E-state index in [2.05, 4.69) is 27.8 Å².